The fraction of sp³-hybridized carbons (Fsp3) is 0.600. The summed E-state index contributed by atoms with van der Waals surface area (Å²) in [6.07, 6.45) is 1.89. The third kappa shape index (κ3) is 5.08. The molecule has 0 aliphatic rings. The monoisotopic (exact) mass is 332 g/mol. The minimum Gasteiger partial charge on any atom is -0.339 e. The van der Waals surface area contributed by atoms with Crippen molar-refractivity contribution in [3.05, 3.63) is 35.4 Å². The molecule has 0 fully saturated rings. The molecule has 0 radical (unpaired) electrons. The maximum Gasteiger partial charge on any atom is 0.254 e. The summed E-state index contributed by atoms with van der Waals surface area (Å²) in [4.78, 5) is 29.0. The van der Waals surface area contributed by atoms with E-state index in [1.807, 2.05) is 37.5 Å². The van der Waals surface area contributed by atoms with Gasteiger partial charge in [0.1, 0.15) is 0 Å². The van der Waals surface area contributed by atoms with Crippen LogP contribution in [0, 0.1) is 0 Å². The van der Waals surface area contributed by atoms with Crippen molar-refractivity contribution in [1.29, 1.82) is 0 Å². The van der Waals surface area contributed by atoms with Crippen LogP contribution < -0.4 is 0 Å². The molecule has 0 bridgehead atoms. The summed E-state index contributed by atoms with van der Waals surface area (Å²) in [5.41, 5.74) is 1.28. The lowest BCUT2D eigenvalue weighted by atomic mass is 10.1. The van der Waals surface area contributed by atoms with Crippen LogP contribution in [0.2, 0.25) is 0 Å². The molecule has 0 aliphatic heterocycles. The van der Waals surface area contributed by atoms with Gasteiger partial charge in [0.15, 0.2) is 0 Å². The van der Waals surface area contributed by atoms with Crippen LogP contribution in [-0.2, 0) is 0 Å². The molecule has 0 saturated heterocycles. The van der Waals surface area contributed by atoms with E-state index in [0.29, 0.717) is 11.1 Å². The predicted octanol–water partition coefficient (Wildman–Crippen LogP) is 4.21. The zero-order chi connectivity index (χ0) is 18.3. The maximum absolute atomic E-state index is 12.7. The Morgan fingerprint density at radius 3 is 1.50 bits per heavy atom. The lowest BCUT2D eigenvalue weighted by Gasteiger charge is -2.31. The fourth-order valence-corrected chi connectivity index (χ4v) is 3.01. The molecule has 0 atom stereocenters. The summed E-state index contributed by atoms with van der Waals surface area (Å²) in [6, 6.07) is 7.36. The van der Waals surface area contributed by atoms with Crippen LogP contribution in [0.3, 0.4) is 0 Å². The van der Waals surface area contributed by atoms with Crippen molar-refractivity contribution in [2.75, 3.05) is 13.1 Å². The van der Waals surface area contributed by atoms with Gasteiger partial charge in [0.2, 0.25) is 0 Å². The summed E-state index contributed by atoms with van der Waals surface area (Å²) in [5.74, 6) is 0.0558. The average Bonchev–Trinajstić information content (AvgIpc) is 2.53. The summed E-state index contributed by atoms with van der Waals surface area (Å²) >= 11 is 0. The van der Waals surface area contributed by atoms with Gasteiger partial charge in [-0.2, -0.15) is 0 Å². The van der Waals surface area contributed by atoms with Gasteiger partial charge in [0.25, 0.3) is 11.8 Å². The lowest BCUT2D eigenvalue weighted by molar-refractivity contribution is 0.0642. The lowest BCUT2D eigenvalue weighted by Crippen LogP contribution is -2.42. The van der Waals surface area contributed by atoms with Crippen molar-refractivity contribution >= 4 is 11.8 Å². The van der Waals surface area contributed by atoms with Gasteiger partial charge in [-0.3, -0.25) is 9.59 Å². The summed E-state index contributed by atoms with van der Waals surface area (Å²) in [5, 5.41) is 0. The van der Waals surface area contributed by atoms with E-state index in [2.05, 4.69) is 13.8 Å². The molecule has 134 valence electrons. The third-order valence-electron chi connectivity index (χ3n) is 4.00. The molecule has 0 unspecified atom stereocenters. The molecule has 0 spiro atoms. The second-order valence-corrected chi connectivity index (χ2v) is 6.77. The van der Waals surface area contributed by atoms with Crippen LogP contribution in [-0.4, -0.2) is 46.8 Å². The van der Waals surface area contributed by atoms with Crippen molar-refractivity contribution in [1.82, 2.24) is 9.80 Å². The Bertz CT molecular complexity index is 521. The number of rotatable bonds is 8. The minimum atomic E-state index is 0.0120. The summed E-state index contributed by atoms with van der Waals surface area (Å²) in [6.45, 7) is 13.7. The van der Waals surface area contributed by atoms with Gasteiger partial charge in [-0.25, -0.2) is 0 Å². The highest BCUT2D eigenvalue weighted by Gasteiger charge is 2.22. The molecule has 24 heavy (non-hydrogen) atoms. The van der Waals surface area contributed by atoms with Crippen LogP contribution in [0.5, 0.6) is 0 Å². The third-order valence-corrected chi connectivity index (χ3v) is 4.00. The molecule has 1 aromatic rings. The number of benzene rings is 1. The first-order chi connectivity index (χ1) is 11.3. The van der Waals surface area contributed by atoms with Crippen LogP contribution in [0.1, 0.15) is 75.1 Å². The Hall–Kier alpha value is -1.84. The summed E-state index contributed by atoms with van der Waals surface area (Å²) < 4.78 is 0. The van der Waals surface area contributed by atoms with Crippen molar-refractivity contribution < 1.29 is 9.59 Å². The number of carbonyl (C=O) groups is 2. The molecule has 4 heteroatoms. The van der Waals surface area contributed by atoms with Gasteiger partial charge >= 0.3 is 0 Å². The standard InChI is InChI=1S/C20H32N2O2/c1-7-13-21(14-8-2)19(23)17-9-11-18(12-10-17)20(24)22(15(3)4)16(5)6/h9-12,15-16H,7-8,13-14H2,1-6H3. The molecule has 1 rings (SSSR count). The Morgan fingerprint density at radius 2 is 1.17 bits per heavy atom. The highest BCUT2D eigenvalue weighted by atomic mass is 16.2. The Kier molecular flexibility index (Phi) is 7.96. The molecular formula is C20H32N2O2. The zero-order valence-corrected chi connectivity index (χ0v) is 16.0. The van der Waals surface area contributed by atoms with Gasteiger partial charge < -0.3 is 9.80 Å². The van der Waals surface area contributed by atoms with Gasteiger partial charge in [-0.1, -0.05) is 13.8 Å². The van der Waals surface area contributed by atoms with Gasteiger partial charge in [-0.15, -0.1) is 0 Å². The van der Waals surface area contributed by atoms with Crippen LogP contribution >= 0.6 is 0 Å². The van der Waals surface area contributed by atoms with E-state index in [0.717, 1.165) is 25.9 Å². The number of hydrogen-bond acceptors (Lipinski definition) is 2. The second-order valence-electron chi connectivity index (χ2n) is 6.77. The highest BCUT2D eigenvalue weighted by Crippen LogP contribution is 2.14. The van der Waals surface area contributed by atoms with Gasteiger partial charge in [0.05, 0.1) is 0 Å². The van der Waals surface area contributed by atoms with E-state index < -0.39 is 0 Å². The molecular weight excluding hydrogens is 300 g/mol. The topological polar surface area (TPSA) is 40.6 Å². The normalized spacial score (nSPS) is 11.0. The Balaban J connectivity index is 2.95. The molecule has 2 amide bonds. The van der Waals surface area contributed by atoms with E-state index in [4.69, 9.17) is 0 Å². The van der Waals surface area contributed by atoms with Crippen LogP contribution in [0.4, 0.5) is 0 Å². The van der Waals surface area contributed by atoms with E-state index >= 15 is 0 Å². The Morgan fingerprint density at radius 1 is 0.792 bits per heavy atom. The zero-order valence-electron chi connectivity index (χ0n) is 16.0. The maximum atomic E-state index is 12.7. The average molecular weight is 332 g/mol. The van der Waals surface area contributed by atoms with Crippen LogP contribution in [0.15, 0.2) is 24.3 Å². The quantitative estimate of drug-likeness (QED) is 0.715. The minimum absolute atomic E-state index is 0.0120. The van der Waals surface area contributed by atoms with Crippen molar-refractivity contribution in [2.24, 2.45) is 0 Å². The second kappa shape index (κ2) is 9.45. The number of carbonyl (C=O) groups excluding carboxylic acids is 2. The predicted molar refractivity (Wildman–Crippen MR) is 99.4 cm³/mol. The SMILES string of the molecule is CCCN(CCC)C(=O)c1ccc(C(=O)N(C(C)C)C(C)C)cc1. The van der Waals surface area contributed by atoms with Crippen LogP contribution in [0.25, 0.3) is 0 Å². The van der Waals surface area contributed by atoms with Crippen molar-refractivity contribution in [3.63, 3.8) is 0 Å². The molecule has 4 nitrogen and oxygen atoms in total. The summed E-state index contributed by atoms with van der Waals surface area (Å²) in [7, 11) is 0. The van der Waals surface area contributed by atoms with E-state index in [-0.39, 0.29) is 23.9 Å². The first-order valence-corrected chi connectivity index (χ1v) is 9.05. The molecule has 0 aromatic heterocycles. The van der Waals surface area contributed by atoms with Gasteiger partial charge in [0, 0.05) is 36.3 Å². The highest BCUT2D eigenvalue weighted by molar-refractivity contribution is 5.98. The Labute approximate surface area is 146 Å². The number of amides is 2. The van der Waals surface area contributed by atoms with Crippen molar-refractivity contribution in [3.8, 4) is 0 Å². The van der Waals surface area contributed by atoms with E-state index in [9.17, 15) is 9.59 Å². The first kappa shape index (κ1) is 20.2. The van der Waals surface area contributed by atoms with E-state index in [1.165, 1.54) is 0 Å². The molecule has 0 heterocycles. The molecule has 1 aromatic carbocycles. The van der Waals surface area contributed by atoms with E-state index in [1.54, 1.807) is 24.3 Å². The number of hydrogen-bond donors (Lipinski definition) is 0. The fourth-order valence-electron chi connectivity index (χ4n) is 3.01. The van der Waals surface area contributed by atoms with Crippen molar-refractivity contribution in [2.45, 2.75) is 66.5 Å². The number of nitrogens with zero attached hydrogens (tertiary/aromatic N) is 2. The molecule has 0 aliphatic carbocycles. The molecule has 0 N–H and O–H groups in total. The smallest absolute Gasteiger partial charge is 0.254 e. The first-order valence-electron chi connectivity index (χ1n) is 9.05. The largest absolute Gasteiger partial charge is 0.339 e. The van der Waals surface area contributed by atoms with Gasteiger partial charge in [-0.05, 0) is 64.8 Å². The molecule has 0 saturated carbocycles.